The zero-order valence-electron chi connectivity index (χ0n) is 19.8. The Hall–Kier alpha value is -1.76. The zero-order chi connectivity index (χ0) is 24.8. The van der Waals surface area contributed by atoms with Gasteiger partial charge < -0.3 is 15.0 Å². The summed E-state index contributed by atoms with van der Waals surface area (Å²) in [6.07, 6.45) is 5.39. The van der Waals surface area contributed by atoms with Gasteiger partial charge in [0.15, 0.2) is 6.61 Å². The molecule has 5 nitrogen and oxygen atoms in total. The van der Waals surface area contributed by atoms with Gasteiger partial charge in [0.2, 0.25) is 5.91 Å². The molecule has 1 N–H and O–H groups in total. The van der Waals surface area contributed by atoms with Gasteiger partial charge in [-0.05, 0) is 74.6 Å². The molecule has 184 valence electrons. The standard InChI is InChI=1S/C26H31BrCl2N2O3/c1-16-11-21(12-17(2)25(16)27)34-15-24(32)31(14-19-9-10-22(28)23(29)13-19)18(3)26(33)30-20-7-5-4-6-8-20/h9-13,18,20H,4-8,14-15H2,1-3H3,(H,30,33)/t18-/m1/s1. The molecule has 0 aliphatic heterocycles. The van der Waals surface area contributed by atoms with E-state index in [0.717, 1.165) is 46.8 Å². The first-order valence-corrected chi connectivity index (χ1v) is 13.1. The third kappa shape index (κ3) is 7.12. The minimum absolute atomic E-state index is 0.157. The van der Waals surface area contributed by atoms with E-state index in [0.29, 0.717) is 15.8 Å². The number of aryl methyl sites for hydroxylation is 2. The maximum Gasteiger partial charge on any atom is 0.261 e. The van der Waals surface area contributed by atoms with E-state index in [2.05, 4.69) is 21.2 Å². The molecule has 34 heavy (non-hydrogen) atoms. The van der Waals surface area contributed by atoms with Crippen molar-refractivity contribution in [2.45, 2.75) is 71.5 Å². The molecular formula is C26H31BrCl2N2O3. The predicted octanol–water partition coefficient (Wildman–Crippen LogP) is 6.62. The first-order chi connectivity index (χ1) is 16.2. The molecule has 0 spiro atoms. The van der Waals surface area contributed by atoms with Crippen molar-refractivity contribution in [1.29, 1.82) is 0 Å². The van der Waals surface area contributed by atoms with Crippen LogP contribution in [-0.4, -0.2) is 35.4 Å². The lowest BCUT2D eigenvalue weighted by Crippen LogP contribution is -2.51. The number of nitrogens with zero attached hydrogens (tertiary/aromatic N) is 1. The zero-order valence-corrected chi connectivity index (χ0v) is 22.9. The van der Waals surface area contributed by atoms with Crippen molar-refractivity contribution in [1.82, 2.24) is 10.2 Å². The van der Waals surface area contributed by atoms with Crippen molar-refractivity contribution >= 4 is 50.9 Å². The van der Waals surface area contributed by atoms with Gasteiger partial charge in [-0.3, -0.25) is 9.59 Å². The molecular weight excluding hydrogens is 539 g/mol. The fraction of sp³-hybridized carbons (Fsp3) is 0.462. The van der Waals surface area contributed by atoms with Crippen LogP contribution in [0.15, 0.2) is 34.8 Å². The average molecular weight is 570 g/mol. The fourth-order valence-electron chi connectivity index (χ4n) is 4.20. The van der Waals surface area contributed by atoms with Crippen molar-refractivity contribution in [2.24, 2.45) is 0 Å². The number of amides is 2. The summed E-state index contributed by atoms with van der Waals surface area (Å²) in [5, 5.41) is 3.98. The molecule has 0 saturated heterocycles. The van der Waals surface area contributed by atoms with Crippen LogP contribution in [0, 0.1) is 13.8 Å². The number of halogens is 3. The lowest BCUT2D eigenvalue weighted by atomic mass is 9.95. The van der Waals surface area contributed by atoms with E-state index in [9.17, 15) is 9.59 Å². The van der Waals surface area contributed by atoms with E-state index in [4.69, 9.17) is 27.9 Å². The highest BCUT2D eigenvalue weighted by Crippen LogP contribution is 2.27. The summed E-state index contributed by atoms with van der Waals surface area (Å²) >= 11 is 15.8. The number of carbonyl (C=O) groups excluding carboxylic acids is 2. The number of hydrogen-bond donors (Lipinski definition) is 1. The van der Waals surface area contributed by atoms with E-state index in [-0.39, 0.29) is 31.0 Å². The number of benzene rings is 2. The van der Waals surface area contributed by atoms with Crippen LogP contribution in [0.4, 0.5) is 0 Å². The monoisotopic (exact) mass is 568 g/mol. The van der Waals surface area contributed by atoms with Crippen LogP contribution in [0.3, 0.4) is 0 Å². The Kier molecular flexibility index (Phi) is 9.69. The van der Waals surface area contributed by atoms with E-state index < -0.39 is 6.04 Å². The van der Waals surface area contributed by atoms with Crippen LogP contribution in [-0.2, 0) is 16.1 Å². The van der Waals surface area contributed by atoms with Gasteiger partial charge >= 0.3 is 0 Å². The highest BCUT2D eigenvalue weighted by molar-refractivity contribution is 9.10. The van der Waals surface area contributed by atoms with Crippen molar-refractivity contribution in [3.05, 3.63) is 61.5 Å². The molecule has 1 aliphatic rings. The van der Waals surface area contributed by atoms with Gasteiger partial charge in [0.05, 0.1) is 10.0 Å². The molecule has 1 fully saturated rings. The molecule has 0 bridgehead atoms. The molecule has 8 heteroatoms. The van der Waals surface area contributed by atoms with E-state index >= 15 is 0 Å². The Morgan fingerprint density at radius 1 is 1.09 bits per heavy atom. The first kappa shape index (κ1) is 26.8. The molecule has 0 unspecified atom stereocenters. The molecule has 2 aromatic rings. The summed E-state index contributed by atoms with van der Waals surface area (Å²) in [6.45, 7) is 5.74. The minimum Gasteiger partial charge on any atom is -0.484 e. The number of nitrogens with one attached hydrogen (secondary N) is 1. The smallest absolute Gasteiger partial charge is 0.261 e. The summed E-state index contributed by atoms with van der Waals surface area (Å²) in [4.78, 5) is 27.9. The van der Waals surface area contributed by atoms with E-state index in [1.165, 1.54) is 11.3 Å². The molecule has 2 amide bonds. The lowest BCUT2D eigenvalue weighted by molar-refractivity contribution is -0.142. The van der Waals surface area contributed by atoms with Crippen LogP contribution in [0.2, 0.25) is 10.0 Å². The highest BCUT2D eigenvalue weighted by atomic mass is 79.9. The largest absolute Gasteiger partial charge is 0.484 e. The fourth-order valence-corrected chi connectivity index (χ4v) is 4.75. The van der Waals surface area contributed by atoms with Crippen LogP contribution < -0.4 is 10.1 Å². The second kappa shape index (κ2) is 12.3. The van der Waals surface area contributed by atoms with Crippen LogP contribution in [0.5, 0.6) is 5.75 Å². The van der Waals surface area contributed by atoms with E-state index in [1.54, 1.807) is 19.1 Å². The Balaban J connectivity index is 1.75. The molecule has 1 aliphatic carbocycles. The highest BCUT2D eigenvalue weighted by Gasteiger charge is 2.28. The molecule has 0 aromatic heterocycles. The number of carbonyl (C=O) groups is 2. The van der Waals surface area contributed by atoms with Crippen molar-refractivity contribution < 1.29 is 14.3 Å². The van der Waals surface area contributed by atoms with Gasteiger partial charge in [-0.25, -0.2) is 0 Å². The van der Waals surface area contributed by atoms with Crippen molar-refractivity contribution in [3.8, 4) is 5.75 Å². The van der Waals surface area contributed by atoms with Gasteiger partial charge in [-0.1, -0.05) is 64.5 Å². The van der Waals surface area contributed by atoms with Crippen LogP contribution >= 0.6 is 39.1 Å². The van der Waals surface area contributed by atoms with Gasteiger partial charge in [-0.2, -0.15) is 0 Å². The Morgan fingerprint density at radius 3 is 2.35 bits per heavy atom. The van der Waals surface area contributed by atoms with Crippen LogP contribution in [0.1, 0.15) is 55.7 Å². The van der Waals surface area contributed by atoms with Gasteiger partial charge in [0.1, 0.15) is 11.8 Å². The summed E-state index contributed by atoms with van der Waals surface area (Å²) in [5.74, 6) is 0.173. The Labute approximate surface area is 220 Å². The Bertz CT molecular complexity index is 1020. The van der Waals surface area contributed by atoms with Gasteiger partial charge in [0, 0.05) is 17.1 Å². The molecule has 1 saturated carbocycles. The third-order valence-corrected chi connectivity index (χ3v) is 8.22. The quantitative estimate of drug-likeness (QED) is 0.389. The summed E-state index contributed by atoms with van der Waals surface area (Å²) in [6, 6.07) is 8.48. The Morgan fingerprint density at radius 2 is 1.74 bits per heavy atom. The van der Waals surface area contributed by atoms with Crippen molar-refractivity contribution in [3.63, 3.8) is 0 Å². The second-order valence-corrected chi connectivity index (χ2v) is 10.6. The second-order valence-electron chi connectivity index (χ2n) is 8.95. The number of rotatable bonds is 8. The molecule has 3 rings (SSSR count). The minimum atomic E-state index is -0.666. The third-order valence-electron chi connectivity index (χ3n) is 6.23. The van der Waals surface area contributed by atoms with Gasteiger partial charge in [0.25, 0.3) is 5.91 Å². The van der Waals surface area contributed by atoms with Crippen LogP contribution in [0.25, 0.3) is 0 Å². The normalized spacial score (nSPS) is 15.0. The number of ether oxygens (including phenoxy) is 1. The lowest BCUT2D eigenvalue weighted by Gasteiger charge is -2.31. The molecule has 0 radical (unpaired) electrons. The molecule has 2 aromatic carbocycles. The van der Waals surface area contributed by atoms with E-state index in [1.807, 2.05) is 32.0 Å². The average Bonchev–Trinajstić information content (AvgIpc) is 2.81. The summed E-state index contributed by atoms with van der Waals surface area (Å²) in [5.41, 5.74) is 2.83. The SMILES string of the molecule is Cc1cc(OCC(=O)N(Cc2ccc(Cl)c(Cl)c2)[C@H](C)C(=O)NC2CCCCC2)cc(C)c1Br. The first-order valence-electron chi connectivity index (χ1n) is 11.6. The molecule has 0 heterocycles. The maximum absolute atomic E-state index is 13.3. The van der Waals surface area contributed by atoms with Crippen molar-refractivity contribution in [2.75, 3.05) is 6.61 Å². The molecule has 1 atom stereocenters. The number of hydrogen-bond acceptors (Lipinski definition) is 3. The summed E-state index contributed by atoms with van der Waals surface area (Å²) < 4.78 is 6.85. The van der Waals surface area contributed by atoms with Gasteiger partial charge in [-0.15, -0.1) is 0 Å². The topological polar surface area (TPSA) is 58.6 Å². The predicted molar refractivity (Wildman–Crippen MR) is 141 cm³/mol. The maximum atomic E-state index is 13.3. The summed E-state index contributed by atoms with van der Waals surface area (Å²) in [7, 11) is 0.